The van der Waals surface area contributed by atoms with Gasteiger partial charge in [-0.25, -0.2) is 0 Å². The fourth-order valence-corrected chi connectivity index (χ4v) is 3.18. The summed E-state index contributed by atoms with van der Waals surface area (Å²) in [6.45, 7) is 0. The van der Waals surface area contributed by atoms with Gasteiger partial charge in [0.15, 0.2) is 0 Å². The number of nitrogens with zero attached hydrogens (tertiary/aromatic N) is 2. The Hall–Kier alpha value is -2.33. The summed E-state index contributed by atoms with van der Waals surface area (Å²) in [5, 5.41) is 1.09. The molecule has 3 nitrogen and oxygen atoms in total. The van der Waals surface area contributed by atoms with E-state index in [4.69, 9.17) is 0 Å². The van der Waals surface area contributed by atoms with E-state index in [0.29, 0.717) is 5.75 Å². The highest BCUT2D eigenvalue weighted by Crippen LogP contribution is 2.26. The highest BCUT2D eigenvalue weighted by molar-refractivity contribution is 8.00. The van der Waals surface area contributed by atoms with Crippen LogP contribution < -0.4 is 4.90 Å². The van der Waals surface area contributed by atoms with Crippen molar-refractivity contribution >= 4 is 34.3 Å². The van der Waals surface area contributed by atoms with Crippen LogP contribution in [0.3, 0.4) is 0 Å². The second-order valence-corrected chi connectivity index (χ2v) is 5.93. The van der Waals surface area contributed by atoms with E-state index in [-0.39, 0.29) is 5.91 Å². The molecule has 0 atom stereocenters. The summed E-state index contributed by atoms with van der Waals surface area (Å²) >= 11 is 1.53. The second kappa shape index (κ2) is 6.62. The van der Waals surface area contributed by atoms with Gasteiger partial charge in [-0.1, -0.05) is 36.4 Å². The Morgan fingerprint density at radius 1 is 1.05 bits per heavy atom. The minimum Gasteiger partial charge on any atom is -0.315 e. The maximum atomic E-state index is 12.3. The number of benzene rings is 2. The lowest BCUT2D eigenvalue weighted by molar-refractivity contribution is -0.115. The van der Waals surface area contributed by atoms with Crippen molar-refractivity contribution in [2.45, 2.75) is 4.90 Å². The van der Waals surface area contributed by atoms with Crippen LogP contribution in [0.4, 0.5) is 5.69 Å². The highest BCUT2D eigenvalue weighted by Gasteiger charge is 2.12. The molecule has 110 valence electrons. The fourth-order valence-electron chi connectivity index (χ4n) is 2.22. The predicted molar refractivity (Wildman–Crippen MR) is 92.3 cm³/mol. The molecule has 1 aromatic heterocycles. The summed E-state index contributed by atoms with van der Waals surface area (Å²) in [5.74, 6) is 0.463. The van der Waals surface area contributed by atoms with Crippen molar-refractivity contribution in [3.8, 4) is 0 Å². The third-order valence-corrected chi connectivity index (χ3v) is 4.50. The zero-order chi connectivity index (χ0) is 15.4. The van der Waals surface area contributed by atoms with E-state index in [1.54, 1.807) is 18.1 Å². The number of rotatable bonds is 4. The molecule has 1 amide bonds. The van der Waals surface area contributed by atoms with E-state index in [9.17, 15) is 4.79 Å². The van der Waals surface area contributed by atoms with Crippen molar-refractivity contribution in [3.05, 3.63) is 66.9 Å². The molecule has 3 aromatic rings. The average Bonchev–Trinajstić information content (AvgIpc) is 2.59. The van der Waals surface area contributed by atoms with E-state index in [1.807, 2.05) is 60.7 Å². The molecule has 0 saturated heterocycles. The predicted octanol–water partition coefficient (Wildman–Crippen LogP) is 3.99. The Bertz CT molecular complexity index is 784. The topological polar surface area (TPSA) is 33.2 Å². The largest absolute Gasteiger partial charge is 0.315 e. The van der Waals surface area contributed by atoms with Gasteiger partial charge < -0.3 is 4.90 Å². The Balaban J connectivity index is 1.73. The zero-order valence-corrected chi connectivity index (χ0v) is 13.1. The minimum absolute atomic E-state index is 0.0733. The molecule has 0 spiro atoms. The molecule has 0 unspecified atom stereocenters. The molecule has 3 rings (SSSR count). The van der Waals surface area contributed by atoms with E-state index in [2.05, 4.69) is 4.98 Å². The minimum atomic E-state index is 0.0733. The van der Waals surface area contributed by atoms with Gasteiger partial charge in [0.2, 0.25) is 5.91 Å². The van der Waals surface area contributed by atoms with Crippen LogP contribution in [0.25, 0.3) is 10.9 Å². The fraction of sp³-hybridized carbons (Fsp3) is 0.111. The molecular weight excluding hydrogens is 292 g/mol. The summed E-state index contributed by atoms with van der Waals surface area (Å²) < 4.78 is 0. The van der Waals surface area contributed by atoms with Crippen molar-refractivity contribution in [1.82, 2.24) is 4.98 Å². The number of fused-ring (bicyclic) bond motifs is 1. The highest BCUT2D eigenvalue weighted by atomic mass is 32.2. The molecule has 1 heterocycles. The lowest BCUT2D eigenvalue weighted by atomic mass is 10.2. The molecule has 0 radical (unpaired) electrons. The Morgan fingerprint density at radius 2 is 1.82 bits per heavy atom. The molecule has 0 fully saturated rings. The van der Waals surface area contributed by atoms with Gasteiger partial charge in [-0.3, -0.25) is 9.78 Å². The van der Waals surface area contributed by atoms with Crippen LogP contribution in [-0.4, -0.2) is 23.7 Å². The first-order valence-corrected chi connectivity index (χ1v) is 8.02. The van der Waals surface area contributed by atoms with E-state index in [0.717, 1.165) is 21.5 Å². The maximum Gasteiger partial charge on any atom is 0.237 e. The molecule has 0 aliphatic rings. The van der Waals surface area contributed by atoms with Crippen molar-refractivity contribution in [2.75, 3.05) is 17.7 Å². The quantitative estimate of drug-likeness (QED) is 0.683. The van der Waals surface area contributed by atoms with Crippen LogP contribution in [0.15, 0.2) is 71.8 Å². The van der Waals surface area contributed by atoms with E-state index >= 15 is 0 Å². The molecule has 0 aliphatic heterocycles. The lowest BCUT2D eigenvalue weighted by Gasteiger charge is -2.17. The Morgan fingerprint density at radius 3 is 2.64 bits per heavy atom. The van der Waals surface area contributed by atoms with Gasteiger partial charge in [0, 0.05) is 29.2 Å². The van der Waals surface area contributed by atoms with Crippen LogP contribution >= 0.6 is 11.8 Å². The summed E-state index contributed by atoms with van der Waals surface area (Å²) in [5.41, 5.74) is 1.86. The lowest BCUT2D eigenvalue weighted by Crippen LogP contribution is -2.27. The number of hydrogen-bond acceptors (Lipinski definition) is 3. The van der Waals surface area contributed by atoms with Gasteiger partial charge in [0.05, 0.1) is 11.3 Å². The van der Waals surface area contributed by atoms with Crippen molar-refractivity contribution < 1.29 is 4.79 Å². The number of anilines is 1. The molecular formula is C18H16N2OS. The normalized spacial score (nSPS) is 10.6. The molecule has 0 aliphatic carbocycles. The third kappa shape index (κ3) is 3.12. The van der Waals surface area contributed by atoms with E-state index < -0.39 is 0 Å². The number of amides is 1. The maximum absolute atomic E-state index is 12.3. The van der Waals surface area contributed by atoms with Crippen molar-refractivity contribution in [1.29, 1.82) is 0 Å². The van der Waals surface area contributed by atoms with E-state index in [1.165, 1.54) is 11.8 Å². The zero-order valence-electron chi connectivity index (χ0n) is 12.3. The third-order valence-electron chi connectivity index (χ3n) is 3.46. The average molecular weight is 308 g/mol. The molecule has 0 saturated carbocycles. The second-order valence-electron chi connectivity index (χ2n) is 4.91. The number of para-hydroxylation sites is 2. The van der Waals surface area contributed by atoms with Gasteiger partial charge in [-0.05, 0) is 24.3 Å². The molecule has 0 bridgehead atoms. The van der Waals surface area contributed by atoms with Gasteiger partial charge in [-0.15, -0.1) is 11.8 Å². The van der Waals surface area contributed by atoms with Crippen molar-refractivity contribution in [3.63, 3.8) is 0 Å². The summed E-state index contributed by atoms with van der Waals surface area (Å²) in [6.07, 6.45) is 1.78. The molecule has 22 heavy (non-hydrogen) atoms. The SMILES string of the molecule is CN(C(=O)CSc1cccc2cccnc12)c1ccccc1. The smallest absolute Gasteiger partial charge is 0.237 e. The van der Waals surface area contributed by atoms with Gasteiger partial charge >= 0.3 is 0 Å². The number of hydrogen-bond donors (Lipinski definition) is 0. The van der Waals surface area contributed by atoms with Crippen LogP contribution in [0.2, 0.25) is 0 Å². The molecule has 0 N–H and O–H groups in total. The number of carbonyl (C=O) groups is 1. The summed E-state index contributed by atoms with van der Waals surface area (Å²) in [4.78, 5) is 19.5. The van der Waals surface area contributed by atoms with Gasteiger partial charge in [0.1, 0.15) is 0 Å². The van der Waals surface area contributed by atoms with Gasteiger partial charge in [0.25, 0.3) is 0 Å². The van der Waals surface area contributed by atoms with Crippen LogP contribution in [0, 0.1) is 0 Å². The monoisotopic (exact) mass is 308 g/mol. The number of pyridine rings is 1. The number of carbonyl (C=O) groups excluding carboxylic acids is 1. The molecule has 2 aromatic carbocycles. The summed E-state index contributed by atoms with van der Waals surface area (Å²) in [6, 6.07) is 19.7. The number of aromatic nitrogens is 1. The first kappa shape index (κ1) is 14.6. The van der Waals surface area contributed by atoms with Crippen molar-refractivity contribution in [2.24, 2.45) is 0 Å². The Kier molecular flexibility index (Phi) is 4.39. The first-order valence-electron chi connectivity index (χ1n) is 7.04. The Labute approximate surface area is 134 Å². The van der Waals surface area contributed by atoms with Crippen LogP contribution in [-0.2, 0) is 4.79 Å². The first-order chi connectivity index (χ1) is 10.8. The summed E-state index contributed by atoms with van der Waals surface area (Å²) in [7, 11) is 1.81. The van der Waals surface area contributed by atoms with Crippen LogP contribution in [0.1, 0.15) is 0 Å². The van der Waals surface area contributed by atoms with Crippen LogP contribution in [0.5, 0.6) is 0 Å². The number of thioether (sulfide) groups is 1. The molecule has 4 heteroatoms. The van der Waals surface area contributed by atoms with Gasteiger partial charge in [-0.2, -0.15) is 0 Å². The standard InChI is InChI=1S/C18H16N2OS/c1-20(15-9-3-2-4-10-15)17(21)13-22-16-11-5-7-14-8-6-12-19-18(14)16/h2-12H,13H2,1H3.